The van der Waals surface area contributed by atoms with E-state index in [0.717, 1.165) is 12.0 Å². The Kier molecular flexibility index (Phi) is 5.10. The molecule has 0 aliphatic carbocycles. The van der Waals surface area contributed by atoms with Gasteiger partial charge >= 0.3 is 5.63 Å². The van der Waals surface area contributed by atoms with Crippen molar-refractivity contribution in [1.82, 2.24) is 4.98 Å². The van der Waals surface area contributed by atoms with Gasteiger partial charge in [-0.05, 0) is 42.5 Å². The molecule has 9 heteroatoms. The lowest BCUT2D eigenvalue weighted by Crippen LogP contribution is -2.13. The quantitative estimate of drug-likeness (QED) is 0.405. The Morgan fingerprint density at radius 2 is 2.00 bits per heavy atom. The van der Waals surface area contributed by atoms with Gasteiger partial charge in [0.15, 0.2) is 5.89 Å². The number of carbonyl (C=O) groups is 1. The molecule has 0 bridgehead atoms. The zero-order chi connectivity index (χ0) is 17.8. The average molecular weight is 360 g/mol. The van der Waals surface area contributed by atoms with Crippen molar-refractivity contribution < 1.29 is 23.8 Å². The van der Waals surface area contributed by atoms with E-state index in [0.29, 0.717) is 21.7 Å². The number of hydrogen-bond acceptors (Lipinski definition) is 8. The molecule has 1 heterocycles. The van der Waals surface area contributed by atoms with E-state index < -0.39 is 5.63 Å². The molecule has 3 rings (SSSR count). The first-order valence-corrected chi connectivity index (χ1v) is 7.78. The molecule has 0 saturated heterocycles. The largest absolute Gasteiger partial charge is 0.408 e. The lowest BCUT2D eigenvalue weighted by Gasteiger charge is -2.06. The van der Waals surface area contributed by atoms with Gasteiger partial charge in [-0.1, -0.05) is 5.04 Å². The summed E-state index contributed by atoms with van der Waals surface area (Å²) in [5.74, 6) is -0.111. The van der Waals surface area contributed by atoms with Crippen LogP contribution in [0.1, 0.15) is 16.2 Å². The first-order valence-electron chi connectivity index (χ1n) is 7.04. The number of carbonyl (C=O) groups excluding carboxylic acids is 1. The van der Waals surface area contributed by atoms with E-state index >= 15 is 0 Å². The molecule has 0 atom stereocenters. The van der Waals surface area contributed by atoms with Crippen molar-refractivity contribution in [3.63, 3.8) is 0 Å². The van der Waals surface area contributed by atoms with Gasteiger partial charge in [-0.15, -0.1) is 4.33 Å². The number of nitrogens with zero attached hydrogens (tertiary/aromatic N) is 1. The minimum atomic E-state index is -0.537. The molecule has 1 amide bonds. The number of amides is 1. The predicted molar refractivity (Wildman–Crippen MR) is 90.1 cm³/mol. The third-order valence-electron chi connectivity index (χ3n) is 3.27. The summed E-state index contributed by atoms with van der Waals surface area (Å²) < 4.78 is 9.26. The van der Waals surface area contributed by atoms with E-state index in [4.69, 9.17) is 9.67 Å². The highest BCUT2D eigenvalue weighted by Crippen LogP contribution is 2.21. The highest BCUT2D eigenvalue weighted by Gasteiger charge is 2.10. The Morgan fingerprint density at radius 3 is 2.72 bits per heavy atom. The lowest BCUT2D eigenvalue weighted by atomic mass is 10.1. The van der Waals surface area contributed by atoms with Crippen molar-refractivity contribution in [3.8, 4) is 0 Å². The predicted octanol–water partition coefficient (Wildman–Crippen LogP) is 3.18. The number of hydrogen-bond donors (Lipinski definition) is 2. The molecule has 25 heavy (non-hydrogen) atoms. The maximum absolute atomic E-state index is 12.3. The van der Waals surface area contributed by atoms with Crippen LogP contribution in [0, 0.1) is 6.92 Å². The number of rotatable bonds is 5. The zero-order valence-corrected chi connectivity index (χ0v) is 13.7. The van der Waals surface area contributed by atoms with Gasteiger partial charge < -0.3 is 9.73 Å². The Bertz CT molecular complexity index is 971. The van der Waals surface area contributed by atoms with Crippen LogP contribution in [0.2, 0.25) is 0 Å². The smallest absolute Gasteiger partial charge is 0.346 e. The van der Waals surface area contributed by atoms with Crippen LogP contribution in [-0.2, 0) is 9.37 Å². The van der Waals surface area contributed by atoms with Gasteiger partial charge in [0.05, 0.1) is 22.9 Å². The number of benzene rings is 2. The second-order valence-corrected chi connectivity index (χ2v) is 5.73. The summed E-state index contributed by atoms with van der Waals surface area (Å²) in [6.07, 6.45) is 0. The van der Waals surface area contributed by atoms with Crippen LogP contribution < -0.4 is 10.9 Å². The van der Waals surface area contributed by atoms with Gasteiger partial charge in [0.1, 0.15) is 0 Å². The van der Waals surface area contributed by atoms with Gasteiger partial charge in [0.25, 0.3) is 5.91 Å². The molecule has 0 saturated carbocycles. The summed E-state index contributed by atoms with van der Waals surface area (Å²) in [6, 6.07) is 11.3. The topological polar surface area (TPSA) is 111 Å². The average Bonchev–Trinajstić information content (AvgIpc) is 2.60. The Balaban J connectivity index is 1.79. The van der Waals surface area contributed by atoms with Gasteiger partial charge in [0.2, 0.25) is 0 Å². The second-order valence-electron chi connectivity index (χ2n) is 4.96. The van der Waals surface area contributed by atoms with Crippen LogP contribution in [0.5, 0.6) is 0 Å². The fourth-order valence-corrected chi connectivity index (χ4v) is 2.53. The minimum absolute atomic E-state index is 0.242. The summed E-state index contributed by atoms with van der Waals surface area (Å²) >= 11 is 0.812. The SMILES string of the molecule is Cc1nc2ccc(C(=O)Nc3ccc(SOOO)cc3)cc2c(=O)o1. The number of fused-ring (bicyclic) bond motifs is 1. The third-order valence-corrected chi connectivity index (χ3v) is 3.86. The van der Waals surface area contributed by atoms with E-state index in [1.807, 2.05) is 0 Å². The molecule has 0 unspecified atom stereocenters. The summed E-state index contributed by atoms with van der Waals surface area (Å²) in [6.45, 7) is 1.58. The maximum atomic E-state index is 12.3. The van der Waals surface area contributed by atoms with E-state index in [2.05, 4.69) is 19.7 Å². The van der Waals surface area contributed by atoms with Crippen LogP contribution in [-0.4, -0.2) is 16.1 Å². The first-order chi connectivity index (χ1) is 12.1. The molecule has 8 nitrogen and oxygen atoms in total. The highest BCUT2D eigenvalue weighted by atomic mass is 32.2. The molecule has 0 aliphatic rings. The number of aryl methyl sites for hydroxylation is 1. The van der Waals surface area contributed by atoms with Crippen molar-refractivity contribution >= 4 is 34.5 Å². The zero-order valence-electron chi connectivity index (χ0n) is 12.9. The molecule has 2 N–H and O–H groups in total. The van der Waals surface area contributed by atoms with Crippen molar-refractivity contribution in [2.24, 2.45) is 0 Å². The fourth-order valence-electron chi connectivity index (χ4n) is 2.17. The third kappa shape index (κ3) is 4.03. The van der Waals surface area contributed by atoms with Crippen LogP contribution in [0.4, 0.5) is 5.69 Å². The molecule has 0 spiro atoms. The number of anilines is 1. The molecule has 2 aromatic carbocycles. The first kappa shape index (κ1) is 17.1. The van der Waals surface area contributed by atoms with E-state index in [-0.39, 0.29) is 17.2 Å². The molecule has 0 radical (unpaired) electrons. The van der Waals surface area contributed by atoms with Crippen molar-refractivity contribution in [2.75, 3.05) is 5.32 Å². The Morgan fingerprint density at radius 1 is 1.24 bits per heavy atom. The molecule has 1 aromatic heterocycles. The number of aromatic nitrogens is 1. The van der Waals surface area contributed by atoms with Gasteiger partial charge in [0, 0.05) is 23.1 Å². The molecule has 0 aliphatic heterocycles. The van der Waals surface area contributed by atoms with Crippen LogP contribution in [0.3, 0.4) is 0 Å². The normalized spacial score (nSPS) is 10.8. The lowest BCUT2D eigenvalue weighted by molar-refractivity contribution is -0.432. The van der Waals surface area contributed by atoms with Crippen LogP contribution in [0.15, 0.2) is 56.6 Å². The Hall–Kier alpha value is -2.72. The monoisotopic (exact) mass is 360 g/mol. The summed E-state index contributed by atoms with van der Waals surface area (Å²) in [5, 5.41) is 14.6. The summed E-state index contributed by atoms with van der Waals surface area (Å²) in [4.78, 5) is 29.0. The van der Waals surface area contributed by atoms with E-state index in [1.54, 1.807) is 43.3 Å². The van der Waals surface area contributed by atoms with Gasteiger partial charge in [-0.25, -0.2) is 15.0 Å². The van der Waals surface area contributed by atoms with Crippen LogP contribution in [0.25, 0.3) is 10.9 Å². The minimum Gasteiger partial charge on any atom is -0.408 e. The van der Waals surface area contributed by atoms with Gasteiger partial charge in [-0.2, -0.15) is 0 Å². The van der Waals surface area contributed by atoms with E-state index in [9.17, 15) is 9.59 Å². The summed E-state index contributed by atoms with van der Waals surface area (Å²) in [7, 11) is 0. The fraction of sp³-hybridized carbons (Fsp3) is 0.0625. The van der Waals surface area contributed by atoms with E-state index in [1.165, 1.54) is 6.07 Å². The number of nitrogens with one attached hydrogen (secondary N) is 1. The second kappa shape index (κ2) is 7.45. The molecule has 3 aromatic rings. The van der Waals surface area contributed by atoms with Gasteiger partial charge in [-0.3, -0.25) is 4.79 Å². The Labute approximate surface area is 145 Å². The molecule has 128 valence electrons. The van der Waals surface area contributed by atoms with Crippen LogP contribution >= 0.6 is 12.0 Å². The molecular formula is C16H12N2O6S. The maximum Gasteiger partial charge on any atom is 0.346 e. The molecule has 0 fully saturated rings. The summed E-state index contributed by atoms with van der Waals surface area (Å²) in [5.41, 5.74) is 0.789. The van der Waals surface area contributed by atoms with Crippen molar-refractivity contribution in [2.45, 2.75) is 11.8 Å². The standard InChI is InChI=1S/C16H12N2O6S/c1-9-17-14-7-2-10(8-13(14)16(20)22-9)15(19)18-11-3-5-12(6-4-11)25-24-23-21/h2-8,21H,1H3,(H,18,19). The van der Waals surface area contributed by atoms with Crippen molar-refractivity contribution in [3.05, 3.63) is 64.3 Å². The highest BCUT2D eigenvalue weighted by molar-refractivity contribution is 7.94. The molecular weight excluding hydrogens is 348 g/mol. The van der Waals surface area contributed by atoms with Crippen molar-refractivity contribution in [1.29, 1.82) is 0 Å².